The van der Waals surface area contributed by atoms with Crippen molar-refractivity contribution in [2.45, 2.75) is 35.6 Å². The Hall–Kier alpha value is -0.670. The molecule has 0 bridgehead atoms. The second-order valence-electron chi connectivity index (χ2n) is 5.67. The average molecular weight is 383 g/mol. The molecular formula is C14H23ClN2O4S2. The summed E-state index contributed by atoms with van der Waals surface area (Å²) in [6.07, 6.45) is 2.70. The highest BCUT2D eigenvalue weighted by atomic mass is 35.5. The molecule has 2 rings (SSSR count). The number of rotatable bonds is 5. The van der Waals surface area contributed by atoms with Crippen LogP contribution in [0.25, 0.3) is 0 Å². The lowest BCUT2D eigenvalue weighted by atomic mass is 10.2. The molecule has 1 unspecified atom stereocenters. The second-order valence-corrected chi connectivity index (χ2v) is 9.54. The van der Waals surface area contributed by atoms with E-state index in [9.17, 15) is 16.8 Å². The molecule has 132 valence electrons. The van der Waals surface area contributed by atoms with Crippen LogP contribution in [0, 0.1) is 6.92 Å². The Morgan fingerprint density at radius 3 is 2.48 bits per heavy atom. The fourth-order valence-electron chi connectivity index (χ4n) is 2.78. The van der Waals surface area contributed by atoms with Crippen molar-refractivity contribution >= 4 is 32.3 Å². The minimum atomic E-state index is -3.69. The Kier molecular flexibility index (Phi) is 6.63. The van der Waals surface area contributed by atoms with Gasteiger partial charge in [0, 0.05) is 25.4 Å². The van der Waals surface area contributed by atoms with Crippen LogP contribution < -0.4 is 5.32 Å². The summed E-state index contributed by atoms with van der Waals surface area (Å²) in [7, 11) is -5.35. The summed E-state index contributed by atoms with van der Waals surface area (Å²) in [6, 6.07) is 4.18. The Labute approximate surface area is 144 Å². The molecule has 6 nitrogen and oxygen atoms in total. The maximum Gasteiger partial charge on any atom is 0.243 e. The molecule has 1 saturated heterocycles. The smallest absolute Gasteiger partial charge is 0.243 e. The molecule has 1 heterocycles. The van der Waals surface area contributed by atoms with Crippen molar-refractivity contribution in [3.63, 3.8) is 0 Å². The lowest BCUT2D eigenvalue weighted by Gasteiger charge is -2.24. The van der Waals surface area contributed by atoms with Crippen LogP contribution in [0.5, 0.6) is 0 Å². The Bertz CT molecular complexity index is 763. The third kappa shape index (κ3) is 4.24. The van der Waals surface area contributed by atoms with Gasteiger partial charge in [-0.05, 0) is 44.5 Å². The zero-order valence-corrected chi connectivity index (χ0v) is 15.9. The van der Waals surface area contributed by atoms with Gasteiger partial charge >= 0.3 is 0 Å². The number of hydrogen-bond acceptors (Lipinski definition) is 5. The number of halogens is 1. The first-order valence-electron chi connectivity index (χ1n) is 7.15. The number of aryl methyl sites for hydroxylation is 1. The van der Waals surface area contributed by atoms with Gasteiger partial charge in [-0.2, -0.15) is 4.31 Å². The molecule has 0 aliphatic carbocycles. The lowest BCUT2D eigenvalue weighted by molar-refractivity contribution is 0.379. The Morgan fingerprint density at radius 1 is 1.26 bits per heavy atom. The van der Waals surface area contributed by atoms with Gasteiger partial charge in [0.05, 0.1) is 9.79 Å². The zero-order valence-electron chi connectivity index (χ0n) is 13.4. The first kappa shape index (κ1) is 20.4. The molecule has 1 N–H and O–H groups in total. The normalized spacial score (nSPS) is 19.5. The van der Waals surface area contributed by atoms with Gasteiger partial charge in [-0.15, -0.1) is 12.4 Å². The number of nitrogens with zero attached hydrogens (tertiary/aromatic N) is 1. The van der Waals surface area contributed by atoms with Gasteiger partial charge in [-0.1, -0.05) is 6.07 Å². The SMILES string of the molecule is CNCC1CCCN1S(=O)(=O)c1cc(S(C)(=O)=O)ccc1C.Cl. The van der Waals surface area contributed by atoms with Gasteiger partial charge in [0.2, 0.25) is 10.0 Å². The van der Waals surface area contributed by atoms with Crippen LogP contribution in [0.2, 0.25) is 0 Å². The van der Waals surface area contributed by atoms with Crippen LogP contribution in [-0.4, -0.2) is 53.6 Å². The van der Waals surface area contributed by atoms with E-state index in [2.05, 4.69) is 5.32 Å². The van der Waals surface area contributed by atoms with Crippen molar-refractivity contribution < 1.29 is 16.8 Å². The first-order chi connectivity index (χ1) is 10.2. The number of benzene rings is 1. The number of sulfone groups is 1. The van der Waals surface area contributed by atoms with Gasteiger partial charge in [0.15, 0.2) is 9.84 Å². The van der Waals surface area contributed by atoms with E-state index in [-0.39, 0.29) is 28.2 Å². The molecular weight excluding hydrogens is 360 g/mol. The number of likely N-dealkylation sites (N-methyl/N-ethyl adjacent to an activating group) is 1. The van der Waals surface area contributed by atoms with E-state index in [0.717, 1.165) is 19.1 Å². The molecule has 9 heteroatoms. The standard InChI is InChI=1S/C14H22N2O4S2.ClH/c1-11-6-7-13(21(3,17)18)9-14(11)22(19,20)16-8-4-5-12(16)10-15-2;/h6-7,9,12,15H,4-5,8,10H2,1-3H3;1H. The molecule has 0 saturated carbocycles. The molecule has 0 amide bonds. The predicted octanol–water partition coefficient (Wildman–Crippen LogP) is 1.19. The number of sulfonamides is 1. The van der Waals surface area contributed by atoms with E-state index >= 15 is 0 Å². The molecule has 0 spiro atoms. The summed E-state index contributed by atoms with van der Waals surface area (Å²) in [5.74, 6) is 0. The highest BCUT2D eigenvalue weighted by Crippen LogP contribution is 2.29. The van der Waals surface area contributed by atoms with E-state index in [1.165, 1.54) is 16.4 Å². The summed E-state index contributed by atoms with van der Waals surface area (Å²) >= 11 is 0. The molecule has 23 heavy (non-hydrogen) atoms. The second kappa shape index (κ2) is 7.48. The maximum atomic E-state index is 12.9. The molecule has 1 aliphatic rings. The Morgan fingerprint density at radius 2 is 1.91 bits per heavy atom. The van der Waals surface area contributed by atoms with Crippen LogP contribution in [0.4, 0.5) is 0 Å². The minimum Gasteiger partial charge on any atom is -0.318 e. The predicted molar refractivity (Wildman–Crippen MR) is 92.4 cm³/mol. The van der Waals surface area contributed by atoms with Crippen molar-refractivity contribution in [1.82, 2.24) is 9.62 Å². The molecule has 1 atom stereocenters. The first-order valence-corrected chi connectivity index (χ1v) is 10.5. The largest absolute Gasteiger partial charge is 0.318 e. The van der Waals surface area contributed by atoms with E-state index in [4.69, 9.17) is 0 Å². The van der Waals surface area contributed by atoms with Gasteiger partial charge < -0.3 is 5.32 Å². The van der Waals surface area contributed by atoms with E-state index in [0.29, 0.717) is 18.7 Å². The van der Waals surface area contributed by atoms with E-state index in [1.54, 1.807) is 20.0 Å². The van der Waals surface area contributed by atoms with Gasteiger partial charge in [-0.3, -0.25) is 0 Å². The average Bonchev–Trinajstić information content (AvgIpc) is 2.87. The van der Waals surface area contributed by atoms with Crippen LogP contribution >= 0.6 is 12.4 Å². The summed E-state index contributed by atoms with van der Waals surface area (Å²) < 4.78 is 50.7. The van der Waals surface area contributed by atoms with Crippen LogP contribution in [0.15, 0.2) is 28.0 Å². The van der Waals surface area contributed by atoms with Crippen LogP contribution in [-0.2, 0) is 19.9 Å². The molecule has 0 radical (unpaired) electrons. The van der Waals surface area contributed by atoms with Crippen molar-refractivity contribution in [2.24, 2.45) is 0 Å². The third-order valence-electron chi connectivity index (χ3n) is 3.94. The van der Waals surface area contributed by atoms with E-state index < -0.39 is 19.9 Å². The van der Waals surface area contributed by atoms with Crippen molar-refractivity contribution in [3.8, 4) is 0 Å². The number of hydrogen-bond donors (Lipinski definition) is 1. The summed E-state index contributed by atoms with van der Waals surface area (Å²) in [6.45, 7) is 2.74. The zero-order chi connectivity index (χ0) is 16.5. The Balaban J connectivity index is 0.00000264. The monoisotopic (exact) mass is 382 g/mol. The molecule has 1 aromatic carbocycles. The van der Waals surface area contributed by atoms with Crippen molar-refractivity contribution in [3.05, 3.63) is 23.8 Å². The summed E-state index contributed by atoms with van der Waals surface area (Å²) in [5.41, 5.74) is 0.558. The molecule has 1 fully saturated rings. The molecule has 1 aromatic rings. The highest BCUT2D eigenvalue weighted by Gasteiger charge is 2.35. The maximum absolute atomic E-state index is 12.9. The lowest BCUT2D eigenvalue weighted by Crippen LogP contribution is -2.41. The van der Waals surface area contributed by atoms with Gasteiger partial charge in [0.25, 0.3) is 0 Å². The fraction of sp³-hybridized carbons (Fsp3) is 0.571. The fourth-order valence-corrected chi connectivity index (χ4v) is 5.45. The minimum absolute atomic E-state index is 0. The summed E-state index contributed by atoms with van der Waals surface area (Å²) in [5, 5.41) is 3.01. The van der Waals surface area contributed by atoms with Gasteiger partial charge in [0.1, 0.15) is 0 Å². The topological polar surface area (TPSA) is 83.6 Å². The van der Waals surface area contributed by atoms with E-state index in [1.807, 2.05) is 0 Å². The molecule has 0 aromatic heterocycles. The summed E-state index contributed by atoms with van der Waals surface area (Å²) in [4.78, 5) is 0.111. The number of nitrogens with one attached hydrogen (secondary N) is 1. The van der Waals surface area contributed by atoms with Crippen molar-refractivity contribution in [2.75, 3.05) is 26.4 Å². The highest BCUT2D eigenvalue weighted by molar-refractivity contribution is 7.91. The van der Waals surface area contributed by atoms with Crippen LogP contribution in [0.3, 0.4) is 0 Å². The van der Waals surface area contributed by atoms with Crippen molar-refractivity contribution in [1.29, 1.82) is 0 Å². The van der Waals surface area contributed by atoms with Crippen LogP contribution in [0.1, 0.15) is 18.4 Å². The third-order valence-corrected chi connectivity index (χ3v) is 7.14. The molecule has 1 aliphatic heterocycles. The van der Waals surface area contributed by atoms with Gasteiger partial charge in [-0.25, -0.2) is 16.8 Å². The quantitative estimate of drug-likeness (QED) is 0.827.